The van der Waals surface area contributed by atoms with E-state index in [1.807, 2.05) is 10.3 Å². The molecule has 2 atom stereocenters. The number of thiazole rings is 1. The molecule has 2 aromatic rings. The van der Waals surface area contributed by atoms with E-state index in [9.17, 15) is 18.8 Å². The number of nitrogens with one attached hydrogen (secondary N) is 1. The zero-order valence-corrected chi connectivity index (χ0v) is 24.0. The lowest BCUT2D eigenvalue weighted by Gasteiger charge is -2.38. The van der Waals surface area contributed by atoms with Gasteiger partial charge in [-0.05, 0) is 25.0 Å². The molecule has 218 valence electrons. The molecule has 5 rings (SSSR count). The van der Waals surface area contributed by atoms with Crippen LogP contribution in [0.25, 0.3) is 0 Å². The Labute approximate surface area is 245 Å². The molecule has 0 spiro atoms. The minimum Gasteiger partial charge on any atom is -0.481 e. The minimum absolute atomic E-state index is 0.0283. The molecule has 0 unspecified atom stereocenters. The number of carbonyl (C=O) groups is 3. The normalized spacial score (nSPS) is 21.0. The largest absolute Gasteiger partial charge is 0.481 e. The number of halogens is 2. The second-order valence-electron chi connectivity index (χ2n) is 10.1. The van der Waals surface area contributed by atoms with Crippen molar-refractivity contribution in [1.29, 1.82) is 0 Å². The Bertz CT molecular complexity index is 1390. The number of rotatable bonds is 10. The highest BCUT2D eigenvalue weighted by molar-refractivity contribution is 7.11. The molecule has 2 amide bonds. The lowest BCUT2D eigenvalue weighted by Crippen LogP contribution is -2.53. The number of unbranched alkanes of at least 4 members (excludes halogenated alkanes) is 1. The molecule has 11 nitrogen and oxygen atoms in total. The number of aromatic nitrogens is 1. The van der Waals surface area contributed by atoms with Crippen LogP contribution in [0.4, 0.5) is 9.18 Å². The second-order valence-corrected chi connectivity index (χ2v) is 11.4. The summed E-state index contributed by atoms with van der Waals surface area (Å²) in [5.74, 6) is -1.45. The van der Waals surface area contributed by atoms with Crippen molar-refractivity contribution in [2.45, 2.75) is 31.3 Å². The quantitative estimate of drug-likeness (QED) is 0.313. The molecular formula is C27H30ClFN6O5S. The van der Waals surface area contributed by atoms with Crippen LogP contribution in [0.5, 0.6) is 0 Å². The van der Waals surface area contributed by atoms with Crippen LogP contribution < -0.4 is 5.32 Å². The molecule has 14 heteroatoms. The van der Waals surface area contributed by atoms with Gasteiger partial charge >= 0.3 is 18.0 Å². The number of ether oxygens (including phenoxy) is 1. The predicted molar refractivity (Wildman–Crippen MR) is 150 cm³/mol. The van der Waals surface area contributed by atoms with Crippen LogP contribution in [0.1, 0.15) is 35.9 Å². The van der Waals surface area contributed by atoms with Crippen LogP contribution in [-0.4, -0.2) is 101 Å². The molecule has 0 saturated carbocycles. The van der Waals surface area contributed by atoms with E-state index in [2.05, 4.69) is 15.2 Å². The van der Waals surface area contributed by atoms with Crippen LogP contribution in [0, 0.1) is 5.82 Å². The van der Waals surface area contributed by atoms with Gasteiger partial charge in [0.2, 0.25) is 0 Å². The van der Waals surface area contributed by atoms with Gasteiger partial charge in [0.25, 0.3) is 0 Å². The van der Waals surface area contributed by atoms with E-state index >= 15 is 0 Å². The Hall–Kier alpha value is -3.55. The molecule has 1 aromatic heterocycles. The topological polar surface area (TPSA) is 128 Å². The first-order valence-electron chi connectivity index (χ1n) is 13.3. The van der Waals surface area contributed by atoms with E-state index in [0.29, 0.717) is 74.2 Å². The number of carboxylic acid groups (broad SMARTS) is 1. The number of benzene rings is 1. The molecule has 0 aliphatic carbocycles. The number of carboxylic acids is 1. The van der Waals surface area contributed by atoms with Crippen molar-refractivity contribution >= 4 is 46.7 Å². The maximum atomic E-state index is 13.9. The summed E-state index contributed by atoms with van der Waals surface area (Å²) in [5, 5.41) is 14.8. The SMILES string of the molecule is COC(=O)C1=C(CN2CCN3C(=O)N(CCCCC(=O)O)C[C@@H]3C2)NC(c2nccs2)=N[C@H]1c1ccc(F)cc1Cl. The standard InChI is InChI=1S/C27H30ClFN6O5S/c1-40-26(38)22-20(15-33-9-10-35-17(13-33)14-34(27(35)39)8-3-2-4-21(36)37)31-24(25-30-7-11-41-25)32-23(22)18-6-5-16(29)12-19(18)28/h5-7,11-12,17,23H,2-4,8-10,13-15H2,1H3,(H,31,32)(H,36,37)/t17-,23-/m0/s1. The first-order chi connectivity index (χ1) is 19.7. The zero-order chi connectivity index (χ0) is 29.1. The van der Waals surface area contributed by atoms with Crippen molar-refractivity contribution in [3.05, 3.63) is 62.5 Å². The summed E-state index contributed by atoms with van der Waals surface area (Å²) in [6, 6.07) is 3.08. The number of urea groups is 1. The number of aliphatic carboxylic acids is 1. The number of hydrogen-bond donors (Lipinski definition) is 2. The summed E-state index contributed by atoms with van der Waals surface area (Å²) in [4.78, 5) is 51.9. The van der Waals surface area contributed by atoms with Gasteiger partial charge < -0.3 is 25.0 Å². The molecule has 2 fully saturated rings. The molecule has 3 aliphatic heterocycles. The number of carbonyl (C=O) groups excluding carboxylic acids is 2. The number of aliphatic imine (C=N–C) groups is 1. The number of amides is 2. The van der Waals surface area contributed by atoms with Crippen molar-refractivity contribution in [3.63, 3.8) is 0 Å². The van der Waals surface area contributed by atoms with Gasteiger partial charge in [-0.1, -0.05) is 17.7 Å². The summed E-state index contributed by atoms with van der Waals surface area (Å²) >= 11 is 7.83. The molecular weight excluding hydrogens is 575 g/mol. The Kier molecular flexibility index (Phi) is 8.85. The highest BCUT2D eigenvalue weighted by Crippen LogP contribution is 2.37. The van der Waals surface area contributed by atoms with Crippen LogP contribution in [0.3, 0.4) is 0 Å². The van der Waals surface area contributed by atoms with Crippen molar-refractivity contribution in [3.8, 4) is 0 Å². The number of hydrogen-bond acceptors (Lipinski definition) is 9. The minimum atomic E-state index is -0.846. The highest BCUT2D eigenvalue weighted by atomic mass is 35.5. The fraction of sp³-hybridized carbons (Fsp3) is 0.444. The van der Waals surface area contributed by atoms with Gasteiger partial charge in [-0.25, -0.2) is 19.0 Å². The van der Waals surface area contributed by atoms with Crippen LogP contribution in [-0.2, 0) is 14.3 Å². The number of amidine groups is 1. The van der Waals surface area contributed by atoms with Gasteiger partial charge in [0.1, 0.15) is 11.9 Å². The molecule has 4 heterocycles. The molecule has 3 aliphatic rings. The van der Waals surface area contributed by atoms with E-state index in [4.69, 9.17) is 26.4 Å². The number of nitrogens with zero attached hydrogens (tertiary/aromatic N) is 5. The average Bonchev–Trinajstić information content (AvgIpc) is 3.59. The van der Waals surface area contributed by atoms with E-state index < -0.39 is 23.8 Å². The molecule has 1 aromatic carbocycles. The smallest absolute Gasteiger partial charge is 0.338 e. The molecule has 41 heavy (non-hydrogen) atoms. The lowest BCUT2D eigenvalue weighted by atomic mass is 9.95. The Balaban J connectivity index is 1.38. The second kappa shape index (κ2) is 12.5. The zero-order valence-electron chi connectivity index (χ0n) is 22.4. The van der Waals surface area contributed by atoms with Gasteiger partial charge in [0, 0.05) is 73.5 Å². The monoisotopic (exact) mass is 604 g/mol. The van der Waals surface area contributed by atoms with Gasteiger partial charge in [-0.15, -0.1) is 11.3 Å². The third-order valence-electron chi connectivity index (χ3n) is 7.39. The fourth-order valence-electron chi connectivity index (χ4n) is 5.44. The fourth-order valence-corrected chi connectivity index (χ4v) is 6.30. The Morgan fingerprint density at radius 3 is 2.80 bits per heavy atom. The maximum absolute atomic E-state index is 13.9. The van der Waals surface area contributed by atoms with Crippen LogP contribution >= 0.6 is 22.9 Å². The first-order valence-corrected chi connectivity index (χ1v) is 14.5. The van der Waals surface area contributed by atoms with E-state index in [1.54, 1.807) is 11.1 Å². The summed E-state index contributed by atoms with van der Waals surface area (Å²) in [5.41, 5.74) is 1.31. The van der Waals surface area contributed by atoms with E-state index in [1.165, 1.54) is 36.6 Å². The molecule has 2 saturated heterocycles. The Morgan fingerprint density at radius 2 is 2.10 bits per heavy atom. The predicted octanol–water partition coefficient (Wildman–Crippen LogP) is 3.13. The van der Waals surface area contributed by atoms with Gasteiger partial charge in [0.15, 0.2) is 10.8 Å². The number of fused-ring (bicyclic) bond motifs is 1. The summed E-state index contributed by atoms with van der Waals surface area (Å²) in [6.45, 7) is 3.12. The summed E-state index contributed by atoms with van der Waals surface area (Å²) < 4.78 is 19.1. The molecule has 0 bridgehead atoms. The van der Waals surface area contributed by atoms with Crippen molar-refractivity contribution in [1.82, 2.24) is 25.0 Å². The van der Waals surface area contributed by atoms with E-state index in [0.717, 1.165) is 0 Å². The molecule has 2 N–H and O–H groups in total. The molecule has 0 radical (unpaired) electrons. The van der Waals surface area contributed by atoms with Crippen molar-refractivity contribution < 1.29 is 28.6 Å². The number of piperazine rings is 1. The lowest BCUT2D eigenvalue weighted by molar-refractivity contribution is -0.137. The number of esters is 1. The van der Waals surface area contributed by atoms with Crippen LogP contribution in [0.15, 0.2) is 46.0 Å². The third kappa shape index (κ3) is 6.36. The summed E-state index contributed by atoms with van der Waals surface area (Å²) in [6.07, 6.45) is 2.90. The third-order valence-corrected chi connectivity index (χ3v) is 8.50. The van der Waals surface area contributed by atoms with E-state index in [-0.39, 0.29) is 29.1 Å². The highest BCUT2D eigenvalue weighted by Gasteiger charge is 2.41. The van der Waals surface area contributed by atoms with Gasteiger partial charge in [0.05, 0.1) is 18.7 Å². The van der Waals surface area contributed by atoms with Gasteiger partial charge in [-0.3, -0.25) is 14.7 Å². The van der Waals surface area contributed by atoms with Gasteiger partial charge in [-0.2, -0.15) is 0 Å². The first kappa shape index (κ1) is 29.0. The van der Waals surface area contributed by atoms with Crippen molar-refractivity contribution in [2.24, 2.45) is 4.99 Å². The summed E-state index contributed by atoms with van der Waals surface area (Å²) in [7, 11) is 1.30. The Morgan fingerprint density at radius 1 is 1.27 bits per heavy atom. The average molecular weight is 605 g/mol. The van der Waals surface area contributed by atoms with Crippen LogP contribution in [0.2, 0.25) is 5.02 Å². The number of methoxy groups -OCH3 is 1. The van der Waals surface area contributed by atoms with Crippen molar-refractivity contribution in [2.75, 3.05) is 46.4 Å². The maximum Gasteiger partial charge on any atom is 0.338 e.